The van der Waals surface area contributed by atoms with Crippen LogP contribution in [0.3, 0.4) is 0 Å². The van der Waals surface area contributed by atoms with Crippen LogP contribution in [0.15, 0.2) is 48.5 Å². The molecule has 2 N–H and O–H groups in total. The maximum absolute atomic E-state index is 5.95. The first-order valence-electron chi connectivity index (χ1n) is 5.01. The van der Waals surface area contributed by atoms with Crippen molar-refractivity contribution >= 4 is 28.7 Å². The number of hydrogen-bond donors (Lipinski definition) is 1. The van der Waals surface area contributed by atoms with Gasteiger partial charge in [-0.2, -0.15) is 0 Å². The number of anilines is 3. The van der Waals surface area contributed by atoms with Crippen molar-refractivity contribution in [2.75, 3.05) is 17.7 Å². The van der Waals surface area contributed by atoms with Crippen LogP contribution in [0.5, 0.6) is 0 Å². The van der Waals surface area contributed by atoms with E-state index in [4.69, 9.17) is 17.3 Å². The van der Waals surface area contributed by atoms with Crippen molar-refractivity contribution in [3.8, 4) is 0 Å². The summed E-state index contributed by atoms with van der Waals surface area (Å²) in [7, 11) is 2.00. The fraction of sp³-hybridized carbons (Fsp3) is 0.0769. The average Bonchev–Trinajstić information content (AvgIpc) is 2.29. The van der Waals surface area contributed by atoms with E-state index in [1.54, 1.807) is 0 Å². The van der Waals surface area contributed by atoms with Gasteiger partial charge in [-0.15, -0.1) is 0 Å². The van der Waals surface area contributed by atoms with Crippen LogP contribution in [0.4, 0.5) is 17.1 Å². The Labute approximate surface area is 100 Å². The highest BCUT2D eigenvalue weighted by atomic mass is 35.5. The summed E-state index contributed by atoms with van der Waals surface area (Å²) in [5.41, 5.74) is 8.55. The molecule has 0 aromatic heterocycles. The molecule has 0 saturated heterocycles. The smallest absolute Gasteiger partial charge is 0.0426 e. The molecule has 0 atom stereocenters. The Balaban J connectivity index is 2.31. The molecule has 0 aliphatic heterocycles. The fourth-order valence-electron chi connectivity index (χ4n) is 1.53. The Bertz CT molecular complexity index is 480. The lowest BCUT2D eigenvalue weighted by Crippen LogP contribution is -2.09. The molecule has 0 aliphatic rings. The molecule has 2 rings (SSSR count). The first-order chi connectivity index (χ1) is 7.66. The van der Waals surface area contributed by atoms with Gasteiger partial charge < -0.3 is 10.6 Å². The summed E-state index contributed by atoms with van der Waals surface area (Å²) >= 11 is 5.95. The Morgan fingerprint density at radius 2 is 1.69 bits per heavy atom. The van der Waals surface area contributed by atoms with Crippen LogP contribution in [-0.2, 0) is 0 Å². The number of nitrogens with zero attached hydrogens (tertiary/aromatic N) is 1. The second-order valence-corrected chi connectivity index (χ2v) is 4.07. The highest BCUT2D eigenvalue weighted by molar-refractivity contribution is 6.30. The van der Waals surface area contributed by atoms with Gasteiger partial charge in [-0.1, -0.05) is 17.7 Å². The summed E-state index contributed by atoms with van der Waals surface area (Å²) in [6, 6.07) is 15.5. The minimum atomic E-state index is 0.736. The average molecular weight is 233 g/mol. The topological polar surface area (TPSA) is 29.3 Å². The number of nitrogens with two attached hydrogens (primary N) is 1. The zero-order valence-electron chi connectivity index (χ0n) is 9.02. The molecule has 0 amide bonds. The minimum Gasteiger partial charge on any atom is -0.399 e. The summed E-state index contributed by atoms with van der Waals surface area (Å²) in [6.45, 7) is 0. The molecule has 0 saturated carbocycles. The number of rotatable bonds is 2. The van der Waals surface area contributed by atoms with Gasteiger partial charge in [-0.05, 0) is 42.5 Å². The van der Waals surface area contributed by atoms with Crippen molar-refractivity contribution in [3.05, 3.63) is 53.6 Å². The zero-order chi connectivity index (χ0) is 11.5. The molecular formula is C13H13ClN2. The monoisotopic (exact) mass is 232 g/mol. The highest BCUT2D eigenvalue weighted by Crippen LogP contribution is 2.26. The van der Waals surface area contributed by atoms with Crippen molar-refractivity contribution < 1.29 is 0 Å². The third-order valence-corrected chi connectivity index (χ3v) is 2.71. The van der Waals surface area contributed by atoms with E-state index in [-0.39, 0.29) is 0 Å². The van der Waals surface area contributed by atoms with Crippen LogP contribution in [0.2, 0.25) is 5.02 Å². The van der Waals surface area contributed by atoms with E-state index in [0.717, 1.165) is 22.1 Å². The first-order valence-corrected chi connectivity index (χ1v) is 5.39. The summed E-state index contributed by atoms with van der Waals surface area (Å²) in [5, 5.41) is 0.736. The largest absolute Gasteiger partial charge is 0.399 e. The minimum absolute atomic E-state index is 0.736. The molecule has 0 radical (unpaired) electrons. The van der Waals surface area contributed by atoms with Gasteiger partial charge in [0, 0.05) is 29.1 Å². The molecule has 2 nitrogen and oxygen atoms in total. The predicted octanol–water partition coefficient (Wildman–Crippen LogP) is 3.69. The standard InChI is InChI=1S/C13H13ClN2/c1-16(12-7-5-11(15)6-8-12)13-4-2-3-10(14)9-13/h2-9H,15H2,1H3. The summed E-state index contributed by atoms with van der Waals surface area (Å²) in [4.78, 5) is 2.06. The van der Waals surface area contributed by atoms with Crippen LogP contribution in [0, 0.1) is 0 Å². The van der Waals surface area contributed by atoms with Crippen molar-refractivity contribution in [1.82, 2.24) is 0 Å². The second-order valence-electron chi connectivity index (χ2n) is 3.63. The number of benzene rings is 2. The molecule has 16 heavy (non-hydrogen) atoms. The molecule has 0 spiro atoms. The maximum atomic E-state index is 5.95. The van der Waals surface area contributed by atoms with E-state index in [1.807, 2.05) is 55.6 Å². The van der Waals surface area contributed by atoms with Crippen LogP contribution in [-0.4, -0.2) is 7.05 Å². The van der Waals surface area contributed by atoms with Crippen LogP contribution in [0.1, 0.15) is 0 Å². The van der Waals surface area contributed by atoms with Crippen LogP contribution in [0.25, 0.3) is 0 Å². The molecule has 82 valence electrons. The molecule has 0 bridgehead atoms. The van der Waals surface area contributed by atoms with Crippen LogP contribution >= 0.6 is 11.6 Å². The Morgan fingerprint density at radius 1 is 1.00 bits per heavy atom. The van der Waals surface area contributed by atoms with Crippen molar-refractivity contribution in [3.63, 3.8) is 0 Å². The Morgan fingerprint density at radius 3 is 2.31 bits per heavy atom. The fourth-order valence-corrected chi connectivity index (χ4v) is 1.72. The van der Waals surface area contributed by atoms with Gasteiger partial charge in [0.2, 0.25) is 0 Å². The van der Waals surface area contributed by atoms with Gasteiger partial charge in [-0.3, -0.25) is 0 Å². The predicted molar refractivity (Wildman–Crippen MR) is 70.4 cm³/mol. The lowest BCUT2D eigenvalue weighted by atomic mass is 10.2. The van der Waals surface area contributed by atoms with E-state index in [2.05, 4.69) is 4.90 Å². The van der Waals surface area contributed by atoms with Gasteiger partial charge in [0.25, 0.3) is 0 Å². The van der Waals surface area contributed by atoms with E-state index in [0.29, 0.717) is 0 Å². The van der Waals surface area contributed by atoms with E-state index < -0.39 is 0 Å². The molecule has 3 heteroatoms. The summed E-state index contributed by atoms with van der Waals surface area (Å²) < 4.78 is 0. The number of nitrogen functional groups attached to an aromatic ring is 1. The quantitative estimate of drug-likeness (QED) is 0.801. The molecule has 0 fully saturated rings. The molecule has 2 aromatic carbocycles. The van der Waals surface area contributed by atoms with E-state index in [9.17, 15) is 0 Å². The zero-order valence-corrected chi connectivity index (χ0v) is 9.78. The summed E-state index contributed by atoms with van der Waals surface area (Å²) in [6.07, 6.45) is 0. The molecule has 0 heterocycles. The molecule has 2 aromatic rings. The van der Waals surface area contributed by atoms with E-state index >= 15 is 0 Å². The highest BCUT2D eigenvalue weighted by Gasteiger charge is 2.03. The van der Waals surface area contributed by atoms with Gasteiger partial charge in [0.15, 0.2) is 0 Å². The van der Waals surface area contributed by atoms with Crippen molar-refractivity contribution in [1.29, 1.82) is 0 Å². The lowest BCUT2D eigenvalue weighted by molar-refractivity contribution is 1.21. The van der Waals surface area contributed by atoms with Gasteiger partial charge in [0.05, 0.1) is 0 Å². The molecular weight excluding hydrogens is 220 g/mol. The second kappa shape index (κ2) is 4.45. The number of halogens is 1. The molecule has 0 unspecified atom stereocenters. The summed E-state index contributed by atoms with van der Waals surface area (Å²) in [5.74, 6) is 0. The third-order valence-electron chi connectivity index (χ3n) is 2.48. The van der Waals surface area contributed by atoms with Crippen LogP contribution < -0.4 is 10.6 Å². The lowest BCUT2D eigenvalue weighted by Gasteiger charge is -2.19. The SMILES string of the molecule is CN(c1ccc(N)cc1)c1cccc(Cl)c1. The maximum Gasteiger partial charge on any atom is 0.0426 e. The van der Waals surface area contributed by atoms with Gasteiger partial charge >= 0.3 is 0 Å². The van der Waals surface area contributed by atoms with Gasteiger partial charge in [0.1, 0.15) is 0 Å². The van der Waals surface area contributed by atoms with Crippen molar-refractivity contribution in [2.45, 2.75) is 0 Å². The molecule has 0 aliphatic carbocycles. The first kappa shape index (κ1) is 10.8. The van der Waals surface area contributed by atoms with Gasteiger partial charge in [-0.25, -0.2) is 0 Å². The Kier molecular flexibility index (Phi) is 3.02. The number of hydrogen-bond acceptors (Lipinski definition) is 2. The van der Waals surface area contributed by atoms with Crippen molar-refractivity contribution in [2.24, 2.45) is 0 Å². The normalized spacial score (nSPS) is 10.1. The third kappa shape index (κ3) is 2.28. The Hall–Kier alpha value is -1.67. The van der Waals surface area contributed by atoms with E-state index in [1.165, 1.54) is 0 Å².